The van der Waals surface area contributed by atoms with Crippen molar-refractivity contribution in [2.45, 2.75) is 19.0 Å². The van der Waals surface area contributed by atoms with Gasteiger partial charge in [-0.25, -0.2) is 4.79 Å². The highest BCUT2D eigenvalue weighted by Gasteiger charge is 2.22. The van der Waals surface area contributed by atoms with Gasteiger partial charge in [-0.3, -0.25) is 9.59 Å². The van der Waals surface area contributed by atoms with Crippen LogP contribution in [-0.2, 0) is 27.3 Å². The van der Waals surface area contributed by atoms with Crippen molar-refractivity contribution in [2.75, 3.05) is 7.11 Å². The quantitative estimate of drug-likeness (QED) is 0.223. The molecule has 4 aromatic rings. The fourth-order valence-electron chi connectivity index (χ4n) is 4.04. The molecule has 0 aliphatic carbocycles. The predicted molar refractivity (Wildman–Crippen MR) is 153 cm³/mol. The molecule has 39 heavy (non-hydrogen) atoms. The average molecular weight is 519 g/mol. The molecule has 0 saturated heterocycles. The Kier molecular flexibility index (Phi) is 9.40. The van der Waals surface area contributed by atoms with Gasteiger partial charge in [-0.1, -0.05) is 97.1 Å². The average Bonchev–Trinajstić information content (AvgIpc) is 2.99. The van der Waals surface area contributed by atoms with Crippen molar-refractivity contribution >= 4 is 23.9 Å². The summed E-state index contributed by atoms with van der Waals surface area (Å²) < 4.78 is 4.87. The molecule has 1 atom stereocenters. The van der Waals surface area contributed by atoms with E-state index in [-0.39, 0.29) is 11.8 Å². The molecule has 4 rings (SSSR count). The zero-order chi connectivity index (χ0) is 27.5. The van der Waals surface area contributed by atoms with Gasteiger partial charge in [-0.15, -0.1) is 0 Å². The van der Waals surface area contributed by atoms with Crippen LogP contribution in [0.5, 0.6) is 0 Å². The molecule has 0 spiro atoms. The molecule has 0 aliphatic rings. The molecular weight excluding hydrogens is 488 g/mol. The molecule has 0 unspecified atom stereocenters. The molecule has 0 heterocycles. The number of amides is 2. The molecule has 2 N–H and O–H groups in total. The lowest BCUT2D eigenvalue weighted by Gasteiger charge is -2.17. The number of methoxy groups -OCH3 is 1. The molecule has 196 valence electrons. The van der Waals surface area contributed by atoms with Gasteiger partial charge in [0, 0.05) is 24.6 Å². The second-order valence-electron chi connectivity index (χ2n) is 8.98. The summed E-state index contributed by atoms with van der Waals surface area (Å²) in [5.41, 5.74) is 5.35. The zero-order valence-electron chi connectivity index (χ0n) is 21.7. The van der Waals surface area contributed by atoms with E-state index in [1.54, 1.807) is 30.3 Å². The highest BCUT2D eigenvalue weighted by atomic mass is 16.5. The lowest BCUT2D eigenvalue weighted by atomic mass is 10.0. The molecule has 0 radical (unpaired) electrons. The topological polar surface area (TPSA) is 84.5 Å². The van der Waals surface area contributed by atoms with Crippen molar-refractivity contribution in [2.24, 2.45) is 0 Å². The number of nitrogens with one attached hydrogen (secondary N) is 2. The minimum atomic E-state index is -0.801. The first kappa shape index (κ1) is 27.1. The van der Waals surface area contributed by atoms with Crippen LogP contribution < -0.4 is 10.6 Å². The highest BCUT2D eigenvalue weighted by molar-refractivity contribution is 5.97. The molecule has 2 amide bonds. The van der Waals surface area contributed by atoms with Crippen LogP contribution in [0.3, 0.4) is 0 Å². The van der Waals surface area contributed by atoms with E-state index in [4.69, 9.17) is 4.74 Å². The Balaban J connectivity index is 1.28. The fraction of sp³-hybridized carbons (Fsp3) is 0.121. The summed E-state index contributed by atoms with van der Waals surface area (Å²) in [6, 6.07) is 33.6. The lowest BCUT2D eigenvalue weighted by molar-refractivity contribution is -0.142. The third-order valence-electron chi connectivity index (χ3n) is 6.20. The molecular formula is C33H30N2O4. The van der Waals surface area contributed by atoms with E-state index >= 15 is 0 Å². The van der Waals surface area contributed by atoms with E-state index in [0.717, 1.165) is 27.8 Å². The summed E-state index contributed by atoms with van der Waals surface area (Å²) in [5.74, 6) is -1.10. The van der Waals surface area contributed by atoms with E-state index in [0.29, 0.717) is 18.5 Å². The monoisotopic (exact) mass is 518 g/mol. The first-order valence-electron chi connectivity index (χ1n) is 12.6. The molecule has 0 bridgehead atoms. The fourth-order valence-corrected chi connectivity index (χ4v) is 4.04. The number of ether oxygens (including phenoxy) is 1. The van der Waals surface area contributed by atoms with E-state index in [1.807, 2.05) is 72.8 Å². The minimum Gasteiger partial charge on any atom is -0.467 e. The van der Waals surface area contributed by atoms with Gasteiger partial charge < -0.3 is 15.4 Å². The highest BCUT2D eigenvalue weighted by Crippen LogP contribution is 2.19. The van der Waals surface area contributed by atoms with Crippen molar-refractivity contribution in [1.29, 1.82) is 0 Å². The second-order valence-corrected chi connectivity index (χ2v) is 8.98. The maximum absolute atomic E-state index is 12.8. The van der Waals surface area contributed by atoms with Crippen LogP contribution in [0.4, 0.5) is 0 Å². The van der Waals surface area contributed by atoms with E-state index < -0.39 is 12.0 Å². The third-order valence-corrected chi connectivity index (χ3v) is 6.20. The van der Waals surface area contributed by atoms with Gasteiger partial charge >= 0.3 is 5.97 Å². The van der Waals surface area contributed by atoms with Gasteiger partial charge in [-0.05, 0) is 46.0 Å². The van der Waals surface area contributed by atoms with Gasteiger partial charge in [-0.2, -0.15) is 0 Å². The Hall–Kier alpha value is -4.97. The van der Waals surface area contributed by atoms with Crippen LogP contribution in [0.2, 0.25) is 0 Å². The number of hydrogen-bond acceptors (Lipinski definition) is 4. The van der Waals surface area contributed by atoms with Crippen molar-refractivity contribution in [3.05, 3.63) is 138 Å². The van der Waals surface area contributed by atoms with E-state index in [9.17, 15) is 14.4 Å². The summed E-state index contributed by atoms with van der Waals surface area (Å²) >= 11 is 0. The third kappa shape index (κ3) is 8.01. The smallest absolute Gasteiger partial charge is 0.328 e. The molecule has 0 aromatic heterocycles. The summed E-state index contributed by atoms with van der Waals surface area (Å²) in [6.07, 6.45) is 3.60. The lowest BCUT2D eigenvalue weighted by Crippen LogP contribution is -2.43. The summed E-state index contributed by atoms with van der Waals surface area (Å²) in [4.78, 5) is 37.3. The Labute approximate surface area is 228 Å². The molecule has 0 fully saturated rings. The van der Waals surface area contributed by atoms with Crippen LogP contribution in [0.25, 0.3) is 17.2 Å². The Bertz CT molecular complexity index is 1410. The summed E-state index contributed by atoms with van der Waals surface area (Å²) in [6.45, 7) is 0.316. The predicted octanol–water partition coefficient (Wildman–Crippen LogP) is 5.20. The Morgan fingerprint density at radius 1 is 0.744 bits per heavy atom. The van der Waals surface area contributed by atoms with Gasteiger partial charge in [0.1, 0.15) is 6.04 Å². The zero-order valence-corrected chi connectivity index (χ0v) is 21.7. The first-order chi connectivity index (χ1) is 19.0. The van der Waals surface area contributed by atoms with Crippen molar-refractivity contribution in [3.63, 3.8) is 0 Å². The molecule has 6 heteroatoms. The van der Waals surface area contributed by atoms with Gasteiger partial charge in [0.05, 0.1) is 7.11 Å². The molecule has 6 nitrogen and oxygen atoms in total. The number of carbonyl (C=O) groups is 3. The van der Waals surface area contributed by atoms with Gasteiger partial charge in [0.2, 0.25) is 5.91 Å². The number of hydrogen-bond donors (Lipinski definition) is 2. The van der Waals surface area contributed by atoms with Crippen LogP contribution in [-0.4, -0.2) is 30.9 Å². The molecule has 0 aliphatic heterocycles. The van der Waals surface area contributed by atoms with E-state index in [2.05, 4.69) is 22.8 Å². The normalized spacial score (nSPS) is 11.5. The SMILES string of the molecule is COC(=O)[C@H](Cc1ccccc1)NC(=O)c1ccc(CNC(=O)C=Cc2ccc(-c3ccccc3)cc2)cc1. The largest absolute Gasteiger partial charge is 0.467 e. The second kappa shape index (κ2) is 13.5. The maximum atomic E-state index is 12.8. The van der Waals surface area contributed by atoms with Crippen LogP contribution >= 0.6 is 0 Å². The number of rotatable bonds is 10. The van der Waals surface area contributed by atoms with E-state index in [1.165, 1.54) is 13.2 Å². The number of esters is 1. The van der Waals surface area contributed by atoms with Crippen LogP contribution in [0, 0.1) is 0 Å². The number of carbonyl (C=O) groups excluding carboxylic acids is 3. The molecule has 0 saturated carbocycles. The maximum Gasteiger partial charge on any atom is 0.328 e. The van der Waals surface area contributed by atoms with Crippen molar-refractivity contribution in [1.82, 2.24) is 10.6 Å². The van der Waals surface area contributed by atoms with Gasteiger partial charge in [0.25, 0.3) is 5.91 Å². The van der Waals surface area contributed by atoms with Crippen molar-refractivity contribution in [3.8, 4) is 11.1 Å². The Morgan fingerprint density at radius 3 is 2.00 bits per heavy atom. The standard InChI is InChI=1S/C33H30N2O4/c1-39-33(38)30(22-25-8-4-2-5-9-25)35-32(37)29-19-14-26(15-20-29)23-34-31(36)21-16-24-12-17-28(18-13-24)27-10-6-3-7-11-27/h2-21,30H,22-23H2,1H3,(H,34,36)(H,35,37)/t30-/m0/s1. The van der Waals surface area contributed by atoms with Gasteiger partial charge in [0.15, 0.2) is 0 Å². The molecule has 4 aromatic carbocycles. The summed E-state index contributed by atoms with van der Waals surface area (Å²) in [7, 11) is 1.30. The van der Waals surface area contributed by atoms with Crippen LogP contribution in [0.15, 0.2) is 115 Å². The first-order valence-corrected chi connectivity index (χ1v) is 12.6. The summed E-state index contributed by atoms with van der Waals surface area (Å²) in [5, 5.41) is 5.60. The Morgan fingerprint density at radius 2 is 1.36 bits per heavy atom. The number of benzene rings is 4. The minimum absolute atomic E-state index is 0.217. The van der Waals surface area contributed by atoms with Crippen molar-refractivity contribution < 1.29 is 19.1 Å². The van der Waals surface area contributed by atoms with Crippen LogP contribution in [0.1, 0.15) is 27.0 Å².